The summed E-state index contributed by atoms with van der Waals surface area (Å²) in [7, 11) is 0. The molecule has 2 aliphatic rings. The van der Waals surface area contributed by atoms with Gasteiger partial charge in [-0.1, -0.05) is 42.1 Å². The lowest BCUT2D eigenvalue weighted by Crippen LogP contribution is -2.54. The molecule has 5 aromatic rings. The monoisotopic (exact) mass is 677 g/mol. The SMILES string of the molecule is Cc1cccc(N2C(=O)/C(=C/c3ccc(Sc4nc5ccc(N6C(=O)c7ccccc7C6=O)cc5s4)c([N+](=O)[O-])c3)C(=O)NC2=S)c1. The molecule has 0 unspecified atom stereocenters. The molecule has 11 nitrogen and oxygen atoms in total. The van der Waals surface area contributed by atoms with Crippen molar-refractivity contribution in [2.24, 2.45) is 0 Å². The minimum atomic E-state index is -0.708. The third-order valence-corrected chi connectivity index (χ3v) is 9.88. The molecule has 3 heterocycles. The van der Waals surface area contributed by atoms with Gasteiger partial charge in [-0.25, -0.2) is 9.88 Å². The number of hydrogen-bond acceptors (Lipinski definition) is 10. The first-order valence-electron chi connectivity index (χ1n) is 13.9. The molecular formula is C33H19N5O6S3. The molecule has 4 amide bonds. The van der Waals surface area contributed by atoms with Crippen LogP contribution in [0.2, 0.25) is 0 Å². The van der Waals surface area contributed by atoms with E-state index in [0.29, 0.717) is 42.0 Å². The number of nitrogens with one attached hydrogen (secondary N) is 1. The fourth-order valence-electron chi connectivity index (χ4n) is 5.27. The van der Waals surface area contributed by atoms with Crippen molar-refractivity contribution in [3.8, 4) is 0 Å². The number of nitro benzene ring substituents is 1. The number of thiocarbonyl (C=S) groups is 1. The number of hydrogen-bond donors (Lipinski definition) is 1. The number of nitro groups is 1. The molecule has 0 bridgehead atoms. The Bertz CT molecular complexity index is 2250. The minimum absolute atomic E-state index is 0.0628. The molecule has 0 atom stereocenters. The standard InChI is InChI=1S/C33H19N5O6S3/c1-17-5-4-6-19(13-17)37-31(42)23(28(39)35-32(37)45)14-18-9-12-26(25(15-18)38(43)44)46-33-34-24-11-10-20(16-27(24)47-33)36-29(40)21-7-2-3-8-22(21)30(36)41/h2-16H,1H3,(H,35,39,45)/b23-14+. The number of aryl methyl sites for hydroxylation is 1. The van der Waals surface area contributed by atoms with Gasteiger partial charge in [-0.05, 0) is 84.9 Å². The van der Waals surface area contributed by atoms with E-state index in [1.165, 1.54) is 34.4 Å². The van der Waals surface area contributed by atoms with E-state index < -0.39 is 28.6 Å². The summed E-state index contributed by atoms with van der Waals surface area (Å²) in [6.45, 7) is 1.86. The van der Waals surface area contributed by atoms with E-state index in [-0.39, 0.29) is 21.9 Å². The number of thiazole rings is 1. The molecule has 1 N–H and O–H groups in total. The molecule has 0 aliphatic carbocycles. The Balaban J connectivity index is 1.16. The van der Waals surface area contributed by atoms with Gasteiger partial charge in [0, 0.05) is 6.07 Å². The first-order chi connectivity index (χ1) is 22.6. The van der Waals surface area contributed by atoms with Gasteiger partial charge in [0.2, 0.25) is 0 Å². The molecule has 0 saturated carbocycles. The topological polar surface area (TPSA) is 143 Å². The third kappa shape index (κ3) is 5.37. The molecule has 7 rings (SSSR count). The molecular weight excluding hydrogens is 659 g/mol. The average Bonchev–Trinajstić information content (AvgIpc) is 3.56. The molecule has 47 heavy (non-hydrogen) atoms. The van der Waals surface area contributed by atoms with Gasteiger partial charge >= 0.3 is 0 Å². The van der Waals surface area contributed by atoms with Crippen LogP contribution in [0.25, 0.3) is 16.3 Å². The van der Waals surface area contributed by atoms with E-state index in [9.17, 15) is 29.3 Å². The number of aromatic nitrogens is 1. The predicted octanol–water partition coefficient (Wildman–Crippen LogP) is 6.30. The largest absolute Gasteiger partial charge is 0.298 e. The van der Waals surface area contributed by atoms with Crippen LogP contribution in [-0.4, -0.2) is 38.6 Å². The zero-order valence-corrected chi connectivity index (χ0v) is 26.6. The van der Waals surface area contributed by atoms with Crippen LogP contribution in [0.5, 0.6) is 0 Å². The second-order valence-corrected chi connectivity index (χ2v) is 13.2. The van der Waals surface area contributed by atoms with Gasteiger partial charge in [0.1, 0.15) is 5.57 Å². The lowest BCUT2D eigenvalue weighted by Gasteiger charge is -2.29. The maximum Gasteiger partial charge on any atom is 0.283 e. The molecule has 1 fully saturated rings. The molecule has 230 valence electrons. The molecule has 1 aromatic heterocycles. The van der Waals surface area contributed by atoms with Crippen molar-refractivity contribution in [1.29, 1.82) is 0 Å². The number of anilines is 2. The molecule has 0 spiro atoms. The van der Waals surface area contributed by atoms with Crippen LogP contribution >= 0.6 is 35.3 Å². The highest BCUT2D eigenvalue weighted by Crippen LogP contribution is 2.41. The number of imide groups is 1. The fraction of sp³-hybridized carbons (Fsp3) is 0.0303. The number of amides is 4. The van der Waals surface area contributed by atoms with Crippen molar-refractivity contribution in [3.05, 3.63) is 123 Å². The maximum atomic E-state index is 13.4. The average molecular weight is 678 g/mol. The highest BCUT2D eigenvalue weighted by Gasteiger charge is 2.37. The smallest absolute Gasteiger partial charge is 0.283 e. The number of nitrogens with zero attached hydrogens (tertiary/aromatic N) is 4. The van der Waals surface area contributed by atoms with Gasteiger partial charge in [-0.15, -0.1) is 11.3 Å². The Morgan fingerprint density at radius 2 is 1.60 bits per heavy atom. The van der Waals surface area contributed by atoms with Crippen LogP contribution < -0.4 is 15.1 Å². The zero-order chi connectivity index (χ0) is 33.0. The molecule has 4 aromatic carbocycles. The van der Waals surface area contributed by atoms with E-state index in [0.717, 1.165) is 22.2 Å². The summed E-state index contributed by atoms with van der Waals surface area (Å²) in [6, 6.07) is 23.1. The van der Waals surface area contributed by atoms with Crippen molar-refractivity contribution < 1.29 is 24.1 Å². The van der Waals surface area contributed by atoms with Crippen LogP contribution in [-0.2, 0) is 9.59 Å². The summed E-state index contributed by atoms with van der Waals surface area (Å²) in [5.41, 5.74) is 2.84. The van der Waals surface area contributed by atoms with Crippen LogP contribution in [0, 0.1) is 17.0 Å². The van der Waals surface area contributed by atoms with Crippen molar-refractivity contribution in [1.82, 2.24) is 10.3 Å². The van der Waals surface area contributed by atoms with E-state index in [1.54, 1.807) is 66.7 Å². The Morgan fingerprint density at radius 3 is 2.30 bits per heavy atom. The van der Waals surface area contributed by atoms with Crippen LogP contribution in [0.4, 0.5) is 17.1 Å². The normalized spacial score (nSPS) is 15.5. The Hall–Kier alpha value is -5.57. The second kappa shape index (κ2) is 11.7. The van der Waals surface area contributed by atoms with Crippen molar-refractivity contribution in [3.63, 3.8) is 0 Å². The first kappa shape index (κ1) is 30.1. The predicted molar refractivity (Wildman–Crippen MR) is 182 cm³/mol. The molecule has 14 heteroatoms. The Labute approximate surface area is 279 Å². The molecule has 2 aliphatic heterocycles. The van der Waals surface area contributed by atoms with Gasteiger partial charge in [0.15, 0.2) is 9.45 Å². The number of fused-ring (bicyclic) bond motifs is 2. The second-order valence-electron chi connectivity index (χ2n) is 10.5. The Morgan fingerprint density at radius 1 is 0.872 bits per heavy atom. The molecule has 1 saturated heterocycles. The summed E-state index contributed by atoms with van der Waals surface area (Å²) in [5.74, 6) is -2.18. The summed E-state index contributed by atoms with van der Waals surface area (Å²) >= 11 is 7.59. The van der Waals surface area contributed by atoms with Crippen LogP contribution in [0.3, 0.4) is 0 Å². The summed E-state index contributed by atoms with van der Waals surface area (Å²) in [5, 5.41) is 14.6. The van der Waals surface area contributed by atoms with E-state index in [4.69, 9.17) is 12.2 Å². The first-order valence-corrected chi connectivity index (χ1v) is 16.0. The van der Waals surface area contributed by atoms with Crippen LogP contribution in [0.1, 0.15) is 31.8 Å². The lowest BCUT2D eigenvalue weighted by molar-refractivity contribution is -0.387. The van der Waals surface area contributed by atoms with E-state index in [2.05, 4.69) is 10.3 Å². The maximum absolute atomic E-state index is 13.4. The molecule has 0 radical (unpaired) electrons. The summed E-state index contributed by atoms with van der Waals surface area (Å²) in [4.78, 5) is 70.9. The number of carbonyl (C=O) groups excluding carboxylic acids is 4. The van der Waals surface area contributed by atoms with Crippen molar-refractivity contribution in [2.45, 2.75) is 16.2 Å². The number of carbonyl (C=O) groups is 4. The van der Waals surface area contributed by atoms with Gasteiger partial charge in [0.25, 0.3) is 29.3 Å². The number of rotatable bonds is 6. The quantitative estimate of drug-likeness (QED) is 0.0547. The summed E-state index contributed by atoms with van der Waals surface area (Å²) in [6.07, 6.45) is 1.29. The fourth-order valence-corrected chi connectivity index (χ4v) is 7.69. The summed E-state index contributed by atoms with van der Waals surface area (Å²) < 4.78 is 1.18. The number of benzene rings is 4. The van der Waals surface area contributed by atoms with Gasteiger partial charge in [-0.2, -0.15) is 0 Å². The van der Waals surface area contributed by atoms with E-state index >= 15 is 0 Å². The van der Waals surface area contributed by atoms with Gasteiger partial charge in [0.05, 0.1) is 42.5 Å². The highest BCUT2D eigenvalue weighted by atomic mass is 32.2. The lowest BCUT2D eigenvalue weighted by atomic mass is 10.1. The Kier molecular flexibility index (Phi) is 7.47. The van der Waals surface area contributed by atoms with Gasteiger partial charge < -0.3 is 0 Å². The third-order valence-electron chi connectivity index (χ3n) is 7.45. The van der Waals surface area contributed by atoms with E-state index in [1.807, 2.05) is 13.0 Å². The highest BCUT2D eigenvalue weighted by molar-refractivity contribution is 8.01. The van der Waals surface area contributed by atoms with Crippen LogP contribution in [0.15, 0.2) is 99.7 Å². The minimum Gasteiger partial charge on any atom is -0.298 e. The zero-order valence-electron chi connectivity index (χ0n) is 24.1. The van der Waals surface area contributed by atoms with Gasteiger partial charge in [-0.3, -0.25) is 39.5 Å². The van der Waals surface area contributed by atoms with Crippen molar-refractivity contribution in [2.75, 3.05) is 9.80 Å². The van der Waals surface area contributed by atoms with Crippen molar-refractivity contribution >= 4 is 97.4 Å².